The van der Waals surface area contributed by atoms with E-state index in [1.807, 2.05) is 0 Å². The van der Waals surface area contributed by atoms with E-state index in [2.05, 4.69) is 0 Å². The lowest BCUT2D eigenvalue weighted by molar-refractivity contribution is -0.141. The summed E-state index contributed by atoms with van der Waals surface area (Å²) in [5.74, 6) is -1.61. The number of aliphatic hydroxyl groups is 2. The maximum atomic E-state index is 12.0. The number of rotatable bonds is 3. The van der Waals surface area contributed by atoms with Crippen molar-refractivity contribution in [2.75, 3.05) is 0 Å². The standard InChI is InChI=1S/C15H16O6/c1-15(20)12(16)7-9-6-10(4-2-3-5-13(17)18)21-8-11(9)14(15)19/h2-5,7-8,10,12,16,20H,6H2,1H3,(H,17,18)/b4-2+,5-3+/t10-,12+,15+/m0/s1. The van der Waals surface area contributed by atoms with E-state index >= 15 is 0 Å². The second-order valence-corrected chi connectivity index (χ2v) is 5.11. The molecule has 3 atom stereocenters. The van der Waals surface area contributed by atoms with Crippen LogP contribution in [-0.4, -0.2) is 44.9 Å². The summed E-state index contributed by atoms with van der Waals surface area (Å²) in [5.41, 5.74) is -0.968. The molecule has 112 valence electrons. The molecule has 0 aromatic carbocycles. The first-order valence-electron chi connectivity index (χ1n) is 6.42. The number of fused-ring (bicyclic) bond motifs is 1. The minimum Gasteiger partial charge on any atom is -0.493 e. The van der Waals surface area contributed by atoms with Crippen LogP contribution in [0.5, 0.6) is 0 Å². The molecule has 0 aromatic heterocycles. The maximum absolute atomic E-state index is 12.0. The van der Waals surface area contributed by atoms with Gasteiger partial charge in [-0.15, -0.1) is 0 Å². The van der Waals surface area contributed by atoms with Crippen molar-refractivity contribution in [2.24, 2.45) is 0 Å². The lowest BCUT2D eigenvalue weighted by Gasteiger charge is -2.35. The molecule has 1 aliphatic carbocycles. The lowest BCUT2D eigenvalue weighted by atomic mass is 9.78. The third-order valence-corrected chi connectivity index (χ3v) is 3.44. The number of carboxylic acids is 1. The fourth-order valence-corrected chi connectivity index (χ4v) is 2.16. The molecule has 0 saturated heterocycles. The highest BCUT2D eigenvalue weighted by molar-refractivity contribution is 6.06. The van der Waals surface area contributed by atoms with Gasteiger partial charge in [-0.05, 0) is 24.6 Å². The molecule has 0 bridgehead atoms. The van der Waals surface area contributed by atoms with Gasteiger partial charge >= 0.3 is 5.97 Å². The summed E-state index contributed by atoms with van der Waals surface area (Å²) in [6.45, 7) is 1.26. The van der Waals surface area contributed by atoms with Crippen LogP contribution in [0.15, 0.2) is 47.8 Å². The first-order valence-corrected chi connectivity index (χ1v) is 6.42. The Morgan fingerprint density at radius 2 is 2.19 bits per heavy atom. The fourth-order valence-electron chi connectivity index (χ4n) is 2.16. The van der Waals surface area contributed by atoms with Crippen LogP contribution in [0.1, 0.15) is 13.3 Å². The van der Waals surface area contributed by atoms with Crippen LogP contribution in [-0.2, 0) is 14.3 Å². The largest absolute Gasteiger partial charge is 0.493 e. The molecule has 0 unspecified atom stereocenters. The third-order valence-electron chi connectivity index (χ3n) is 3.44. The van der Waals surface area contributed by atoms with Gasteiger partial charge in [0.15, 0.2) is 11.4 Å². The summed E-state index contributed by atoms with van der Waals surface area (Å²) in [5, 5.41) is 28.2. The number of hydrogen-bond donors (Lipinski definition) is 3. The summed E-state index contributed by atoms with van der Waals surface area (Å²) in [6.07, 6.45) is 7.01. The van der Waals surface area contributed by atoms with Gasteiger partial charge in [-0.3, -0.25) is 4.79 Å². The summed E-state index contributed by atoms with van der Waals surface area (Å²) in [4.78, 5) is 22.4. The van der Waals surface area contributed by atoms with Gasteiger partial charge in [0.05, 0.1) is 11.8 Å². The lowest BCUT2D eigenvalue weighted by Crippen LogP contribution is -2.50. The molecule has 0 aromatic rings. The minimum absolute atomic E-state index is 0.260. The van der Waals surface area contributed by atoms with E-state index in [1.54, 1.807) is 6.08 Å². The Morgan fingerprint density at radius 3 is 2.86 bits per heavy atom. The Labute approximate surface area is 121 Å². The summed E-state index contributed by atoms with van der Waals surface area (Å²) in [7, 11) is 0. The van der Waals surface area contributed by atoms with Crippen molar-refractivity contribution in [2.45, 2.75) is 31.2 Å². The molecule has 3 N–H and O–H groups in total. The molecule has 6 nitrogen and oxygen atoms in total. The highest BCUT2D eigenvalue weighted by Gasteiger charge is 2.45. The average Bonchev–Trinajstić information content (AvgIpc) is 2.41. The van der Waals surface area contributed by atoms with Gasteiger partial charge in [-0.25, -0.2) is 4.79 Å². The zero-order valence-electron chi connectivity index (χ0n) is 11.4. The third kappa shape index (κ3) is 3.12. The number of carboxylic acid groups (broad SMARTS) is 1. The maximum Gasteiger partial charge on any atom is 0.328 e. The van der Waals surface area contributed by atoms with Crippen LogP contribution in [0.25, 0.3) is 0 Å². The summed E-state index contributed by atoms with van der Waals surface area (Å²) >= 11 is 0. The number of carbonyl (C=O) groups is 2. The predicted molar refractivity (Wildman–Crippen MR) is 73.2 cm³/mol. The Bertz CT molecular complexity index is 579. The number of allylic oxidation sites excluding steroid dienone is 2. The van der Waals surface area contributed by atoms with Crippen molar-refractivity contribution in [3.63, 3.8) is 0 Å². The molecule has 2 rings (SSSR count). The monoisotopic (exact) mass is 292 g/mol. The molecule has 0 fully saturated rings. The topological polar surface area (TPSA) is 104 Å². The smallest absolute Gasteiger partial charge is 0.328 e. The van der Waals surface area contributed by atoms with E-state index in [4.69, 9.17) is 9.84 Å². The summed E-state index contributed by atoms with van der Waals surface area (Å²) in [6, 6.07) is 0. The molecule has 1 heterocycles. The molecule has 0 saturated carbocycles. The van der Waals surface area contributed by atoms with Crippen LogP contribution < -0.4 is 0 Å². The van der Waals surface area contributed by atoms with Crippen molar-refractivity contribution in [3.8, 4) is 0 Å². The van der Waals surface area contributed by atoms with Crippen LogP contribution in [0.4, 0.5) is 0 Å². The Morgan fingerprint density at radius 1 is 1.48 bits per heavy atom. The zero-order chi connectivity index (χ0) is 15.6. The van der Waals surface area contributed by atoms with E-state index < -0.39 is 23.5 Å². The second kappa shape index (κ2) is 5.67. The van der Waals surface area contributed by atoms with Crippen molar-refractivity contribution in [1.29, 1.82) is 0 Å². The van der Waals surface area contributed by atoms with E-state index in [1.165, 1.54) is 31.4 Å². The van der Waals surface area contributed by atoms with Crippen LogP contribution in [0.3, 0.4) is 0 Å². The molecule has 21 heavy (non-hydrogen) atoms. The fraction of sp³-hybridized carbons (Fsp3) is 0.333. The van der Waals surface area contributed by atoms with Gasteiger partial charge in [0, 0.05) is 12.5 Å². The van der Waals surface area contributed by atoms with Crippen molar-refractivity contribution in [3.05, 3.63) is 47.8 Å². The predicted octanol–water partition coefficient (Wildman–Crippen LogP) is 0.477. The number of carbonyl (C=O) groups excluding carboxylic acids is 1. The van der Waals surface area contributed by atoms with Gasteiger partial charge in [0.1, 0.15) is 12.2 Å². The van der Waals surface area contributed by atoms with Crippen LogP contribution in [0.2, 0.25) is 0 Å². The Balaban J connectivity index is 2.13. The van der Waals surface area contributed by atoms with E-state index in [0.717, 1.165) is 6.08 Å². The van der Waals surface area contributed by atoms with Gasteiger partial charge in [0.25, 0.3) is 0 Å². The van der Waals surface area contributed by atoms with E-state index in [-0.39, 0.29) is 11.7 Å². The van der Waals surface area contributed by atoms with Crippen molar-refractivity contribution in [1.82, 2.24) is 0 Å². The molecule has 0 spiro atoms. The molecular weight excluding hydrogens is 276 g/mol. The highest BCUT2D eigenvalue weighted by Crippen LogP contribution is 2.34. The van der Waals surface area contributed by atoms with Crippen molar-refractivity contribution < 1.29 is 29.6 Å². The number of hydrogen-bond acceptors (Lipinski definition) is 5. The average molecular weight is 292 g/mol. The van der Waals surface area contributed by atoms with Gasteiger partial charge in [-0.1, -0.05) is 12.2 Å². The SMILES string of the molecule is C[C@]1(O)C(=O)C2=CO[C@@H](/C=C/C=C/C(=O)O)CC2=C[C@H]1O. The van der Waals surface area contributed by atoms with Crippen molar-refractivity contribution >= 4 is 11.8 Å². The highest BCUT2D eigenvalue weighted by atomic mass is 16.5. The van der Waals surface area contributed by atoms with Gasteiger partial charge in [-0.2, -0.15) is 0 Å². The number of aliphatic hydroxyl groups excluding tert-OH is 1. The number of ketones is 1. The number of ether oxygens (including phenoxy) is 1. The Hall–Kier alpha value is -2.18. The first kappa shape index (κ1) is 15.2. The quantitative estimate of drug-likeness (QED) is 0.516. The second-order valence-electron chi connectivity index (χ2n) is 5.11. The summed E-state index contributed by atoms with van der Waals surface area (Å²) < 4.78 is 5.37. The van der Waals surface area contributed by atoms with Gasteiger partial charge < -0.3 is 20.1 Å². The molecule has 6 heteroatoms. The van der Waals surface area contributed by atoms with Crippen LogP contribution in [0, 0.1) is 0 Å². The van der Waals surface area contributed by atoms with E-state index in [9.17, 15) is 19.8 Å². The normalized spacial score (nSPS) is 32.6. The number of aliphatic carboxylic acids is 1. The van der Waals surface area contributed by atoms with Gasteiger partial charge in [0.2, 0.25) is 0 Å². The molecule has 0 amide bonds. The Kier molecular flexibility index (Phi) is 4.11. The minimum atomic E-state index is -1.84. The molecule has 2 aliphatic rings. The number of Topliss-reactive ketones (excluding diaryl/α,β-unsaturated/α-hetero) is 1. The molecule has 1 aliphatic heterocycles. The van der Waals surface area contributed by atoms with Crippen LogP contribution >= 0.6 is 0 Å². The zero-order valence-corrected chi connectivity index (χ0v) is 11.4. The molecule has 0 radical (unpaired) electrons. The molecular formula is C15H16O6. The first-order chi connectivity index (χ1) is 9.82. The van der Waals surface area contributed by atoms with E-state index in [0.29, 0.717) is 12.0 Å².